The molecular weight excluding hydrogens is 112 g/mol. The normalized spacial score (nSPS) is 21.0. The van der Waals surface area contributed by atoms with E-state index in [0.29, 0.717) is 13.2 Å². The lowest BCUT2D eigenvalue weighted by Crippen LogP contribution is -1.90. The summed E-state index contributed by atoms with van der Waals surface area (Å²) in [7, 11) is 0. The van der Waals surface area contributed by atoms with Crippen molar-refractivity contribution in [1.82, 2.24) is 0 Å². The lowest BCUT2D eigenvalue weighted by Gasteiger charge is -1.90. The Kier molecular flexibility index (Phi) is 4.89. The van der Waals surface area contributed by atoms with Crippen molar-refractivity contribution in [3.63, 3.8) is 0 Å². The van der Waals surface area contributed by atoms with Crippen LogP contribution in [0.4, 0.5) is 0 Å². The van der Waals surface area contributed by atoms with Gasteiger partial charge in [0.2, 0.25) is 0 Å². The molecule has 0 aliphatic carbocycles. The van der Waals surface area contributed by atoms with Crippen LogP contribution in [0.2, 0.25) is 0 Å². The fourth-order valence-corrected chi connectivity index (χ4v) is 0.424. The molecule has 1 heterocycles. The zero-order valence-corrected chi connectivity index (χ0v) is 4.55. The molecule has 0 atom stereocenters. The van der Waals surface area contributed by atoms with Crippen molar-refractivity contribution in [1.29, 1.82) is 0 Å². The van der Waals surface area contributed by atoms with Crippen molar-refractivity contribution >= 4 is 0 Å². The first-order valence-corrected chi connectivity index (χ1v) is 2.41. The predicted molar refractivity (Wildman–Crippen MR) is 25.8 cm³/mol. The molecule has 4 nitrogen and oxygen atoms in total. The van der Waals surface area contributed by atoms with Crippen molar-refractivity contribution < 1.29 is 20.3 Å². The van der Waals surface area contributed by atoms with Crippen LogP contribution in [0.3, 0.4) is 0 Å². The van der Waals surface area contributed by atoms with Crippen molar-refractivity contribution in [3.8, 4) is 0 Å². The molecule has 0 unspecified atom stereocenters. The van der Waals surface area contributed by atoms with Gasteiger partial charge in [0.05, 0.1) is 13.2 Å². The van der Waals surface area contributed by atoms with Crippen molar-refractivity contribution in [2.45, 2.75) is 12.8 Å². The monoisotopic (exact) mass is 122 g/mol. The van der Waals surface area contributed by atoms with Crippen LogP contribution in [-0.2, 0) is 14.8 Å². The molecule has 8 heavy (non-hydrogen) atoms. The third-order valence-electron chi connectivity index (χ3n) is 0.802. The van der Waals surface area contributed by atoms with E-state index in [9.17, 15) is 0 Å². The zero-order valence-electron chi connectivity index (χ0n) is 4.55. The summed E-state index contributed by atoms with van der Waals surface area (Å²) in [5, 5.41) is 4.19. The Labute approximate surface area is 47.5 Å². The van der Waals surface area contributed by atoms with E-state index < -0.39 is 0 Å². The van der Waals surface area contributed by atoms with Crippen molar-refractivity contribution in [2.24, 2.45) is 0 Å². The van der Waals surface area contributed by atoms with Crippen LogP contribution in [0, 0.1) is 0 Å². The van der Waals surface area contributed by atoms with E-state index in [1.165, 1.54) is 0 Å². The highest BCUT2D eigenvalue weighted by Crippen LogP contribution is 1.97. The van der Waals surface area contributed by atoms with Crippen LogP contribution < -0.4 is 0 Å². The molecule has 2 N–H and O–H groups in total. The van der Waals surface area contributed by atoms with Crippen LogP contribution in [-0.4, -0.2) is 18.7 Å². The molecule has 50 valence electrons. The molecule has 1 fully saturated rings. The van der Waals surface area contributed by atoms with Gasteiger partial charge in [0.15, 0.2) is 0 Å². The van der Waals surface area contributed by atoms with Crippen molar-refractivity contribution in [3.05, 3.63) is 0 Å². The molecule has 1 aliphatic rings. The molecule has 0 aromatic carbocycles. The Morgan fingerprint density at radius 2 is 1.38 bits per heavy atom. The molecule has 0 aromatic heterocycles. The van der Waals surface area contributed by atoms with Gasteiger partial charge in [-0.25, -0.2) is 9.78 Å². The summed E-state index contributed by atoms with van der Waals surface area (Å²) < 4.78 is 0. The molecule has 1 rings (SSSR count). The number of hydrogen-bond donors (Lipinski definition) is 0. The van der Waals surface area contributed by atoms with Gasteiger partial charge in [-0.1, -0.05) is 5.04 Å². The molecule has 0 saturated carbocycles. The first kappa shape index (κ1) is 7.84. The van der Waals surface area contributed by atoms with E-state index in [2.05, 4.69) is 14.8 Å². The van der Waals surface area contributed by atoms with Gasteiger partial charge in [-0.2, -0.15) is 0 Å². The Balaban J connectivity index is 0.000000490. The largest absolute Gasteiger partial charge is 0.412 e. The molecular formula is C4H10O4. The zero-order chi connectivity index (χ0) is 4.95. The quantitative estimate of drug-likeness (QED) is 0.419. The van der Waals surface area contributed by atoms with Gasteiger partial charge in [-0.05, 0) is 12.8 Å². The van der Waals surface area contributed by atoms with E-state index in [-0.39, 0.29) is 5.48 Å². The van der Waals surface area contributed by atoms with Gasteiger partial charge in [0, 0.05) is 0 Å². The Morgan fingerprint density at radius 3 is 1.88 bits per heavy atom. The minimum atomic E-state index is 0. The molecule has 1 saturated heterocycles. The molecule has 0 amide bonds. The van der Waals surface area contributed by atoms with E-state index in [0.717, 1.165) is 12.8 Å². The van der Waals surface area contributed by atoms with Gasteiger partial charge >= 0.3 is 0 Å². The topological polar surface area (TPSA) is 59.2 Å². The van der Waals surface area contributed by atoms with Gasteiger partial charge in [0.25, 0.3) is 0 Å². The third kappa shape index (κ3) is 2.92. The summed E-state index contributed by atoms with van der Waals surface area (Å²) in [6.45, 7) is 1.31. The highest BCUT2D eigenvalue weighted by molar-refractivity contribution is 4.34. The summed E-state index contributed by atoms with van der Waals surface area (Å²) >= 11 is 0. The highest BCUT2D eigenvalue weighted by Gasteiger charge is 1.96. The molecule has 4 heteroatoms. The predicted octanol–water partition coefficient (Wildman–Crippen LogP) is -0.165. The second-order valence-corrected chi connectivity index (χ2v) is 1.42. The van der Waals surface area contributed by atoms with Crippen LogP contribution in [0.5, 0.6) is 0 Å². The summed E-state index contributed by atoms with van der Waals surface area (Å²) in [5.74, 6) is 0. The van der Waals surface area contributed by atoms with E-state index in [4.69, 9.17) is 0 Å². The molecule has 0 bridgehead atoms. The summed E-state index contributed by atoms with van der Waals surface area (Å²) in [6, 6.07) is 0. The fraction of sp³-hybridized carbons (Fsp3) is 1.00. The van der Waals surface area contributed by atoms with Crippen LogP contribution in [0.25, 0.3) is 0 Å². The maximum atomic E-state index is 4.47. The number of hydrogen-bond acceptors (Lipinski definition) is 3. The average Bonchev–Trinajstić information content (AvgIpc) is 1.90. The van der Waals surface area contributed by atoms with Gasteiger partial charge in [-0.15, -0.1) is 0 Å². The third-order valence-corrected chi connectivity index (χ3v) is 0.802. The maximum absolute atomic E-state index is 4.47. The SMILES string of the molecule is C1CCOOOC1.O. The van der Waals surface area contributed by atoms with E-state index in [1.54, 1.807) is 0 Å². The summed E-state index contributed by atoms with van der Waals surface area (Å²) in [6.07, 6.45) is 2.06. The van der Waals surface area contributed by atoms with E-state index in [1.807, 2.05) is 0 Å². The lowest BCUT2D eigenvalue weighted by molar-refractivity contribution is -0.504. The lowest BCUT2D eigenvalue weighted by atomic mass is 10.3. The fourth-order valence-electron chi connectivity index (χ4n) is 0.424. The minimum Gasteiger partial charge on any atom is -0.412 e. The van der Waals surface area contributed by atoms with Crippen LogP contribution in [0.15, 0.2) is 0 Å². The average molecular weight is 122 g/mol. The molecule has 0 radical (unpaired) electrons. The van der Waals surface area contributed by atoms with Gasteiger partial charge in [-0.3, -0.25) is 0 Å². The van der Waals surface area contributed by atoms with E-state index >= 15 is 0 Å². The Morgan fingerprint density at radius 1 is 0.875 bits per heavy atom. The van der Waals surface area contributed by atoms with Gasteiger partial charge < -0.3 is 5.48 Å². The smallest absolute Gasteiger partial charge is 0.0854 e. The second-order valence-electron chi connectivity index (χ2n) is 1.42. The highest BCUT2D eigenvalue weighted by atomic mass is 17.5. The first-order valence-electron chi connectivity index (χ1n) is 2.41. The summed E-state index contributed by atoms with van der Waals surface area (Å²) in [4.78, 5) is 8.94. The standard InChI is InChI=1S/C4H8O3.H2O/c1-2-4-6-7-5-3-1;/h1-4H2;1H2. The molecule has 0 spiro atoms. The molecule has 1 aliphatic heterocycles. The van der Waals surface area contributed by atoms with Crippen molar-refractivity contribution in [2.75, 3.05) is 13.2 Å². The van der Waals surface area contributed by atoms with Crippen LogP contribution >= 0.6 is 0 Å². The Bertz CT molecular complexity index is 27.7. The summed E-state index contributed by atoms with van der Waals surface area (Å²) in [5.41, 5.74) is 0. The maximum Gasteiger partial charge on any atom is 0.0854 e. The second kappa shape index (κ2) is 4.99. The number of rotatable bonds is 0. The first-order chi connectivity index (χ1) is 3.50. The molecule has 0 aromatic rings. The minimum absolute atomic E-state index is 0. The van der Waals surface area contributed by atoms with Gasteiger partial charge in [0.1, 0.15) is 0 Å². The van der Waals surface area contributed by atoms with Crippen LogP contribution in [0.1, 0.15) is 12.8 Å². The Hall–Kier alpha value is -0.160.